The summed E-state index contributed by atoms with van der Waals surface area (Å²) in [6, 6.07) is 3.31. The van der Waals surface area contributed by atoms with Crippen molar-refractivity contribution in [3.05, 3.63) is 29.1 Å². The minimum absolute atomic E-state index is 0.190. The molecule has 0 unspecified atom stereocenters. The van der Waals surface area contributed by atoms with Crippen molar-refractivity contribution >= 4 is 43.1 Å². The minimum atomic E-state index is -3.99. The van der Waals surface area contributed by atoms with Crippen molar-refractivity contribution in [1.29, 1.82) is 0 Å². The van der Waals surface area contributed by atoms with Crippen LogP contribution in [0.25, 0.3) is 11.7 Å². The van der Waals surface area contributed by atoms with E-state index < -0.39 is 9.05 Å². The summed E-state index contributed by atoms with van der Waals surface area (Å²) in [6.45, 7) is 1.83. The zero-order valence-corrected chi connectivity index (χ0v) is 11.0. The number of fused-ring (bicyclic) bond motifs is 1. The predicted molar refractivity (Wildman–Crippen MR) is 65.7 cm³/mol. The molecule has 17 heavy (non-hydrogen) atoms. The number of hydrogen-bond acceptors (Lipinski definition) is 4. The molecule has 5 nitrogen and oxygen atoms in total. The number of allylic oxidation sites excluding steroid dienone is 1. The fourth-order valence-electron chi connectivity index (χ4n) is 1.36. The minimum Gasteiger partial charge on any atom is -0.214 e. The van der Waals surface area contributed by atoms with Gasteiger partial charge in [0.2, 0.25) is 5.03 Å². The first-order chi connectivity index (χ1) is 7.93. The average Bonchev–Trinajstić information content (AvgIpc) is 2.53. The van der Waals surface area contributed by atoms with Crippen LogP contribution < -0.4 is 0 Å². The van der Waals surface area contributed by atoms with Crippen molar-refractivity contribution in [1.82, 2.24) is 14.6 Å². The molecule has 0 spiro atoms. The molecule has 0 aliphatic rings. The fourth-order valence-corrected chi connectivity index (χ4v) is 2.96. The lowest BCUT2D eigenvalue weighted by molar-refractivity contribution is 0.602. The lowest BCUT2D eigenvalue weighted by Gasteiger charge is -1.98. The largest absolute Gasteiger partial charge is 0.281 e. The third-order valence-electron chi connectivity index (χ3n) is 1.99. The molecule has 2 heterocycles. The molecule has 0 amide bonds. The maximum Gasteiger partial charge on any atom is 0.281 e. The van der Waals surface area contributed by atoms with Crippen molar-refractivity contribution < 1.29 is 8.42 Å². The number of hydrogen-bond donors (Lipinski definition) is 0. The highest BCUT2D eigenvalue weighted by molar-refractivity contribution is 8.13. The summed E-state index contributed by atoms with van der Waals surface area (Å²) >= 11 is 5.73. The summed E-state index contributed by atoms with van der Waals surface area (Å²) in [6.07, 6.45) is 3.50. The van der Waals surface area contributed by atoms with Crippen molar-refractivity contribution in [2.45, 2.75) is 11.9 Å². The molecular formula is C9H7Cl2N3O2S. The van der Waals surface area contributed by atoms with E-state index in [4.69, 9.17) is 22.3 Å². The van der Waals surface area contributed by atoms with Crippen LogP contribution in [0, 0.1) is 0 Å². The third kappa shape index (κ3) is 2.29. The highest BCUT2D eigenvalue weighted by atomic mass is 35.7. The molecule has 2 aromatic heterocycles. The maximum atomic E-state index is 11.4. The Balaban J connectivity index is 2.83. The molecule has 0 saturated carbocycles. The molecule has 0 atom stereocenters. The number of imidazole rings is 1. The zero-order chi connectivity index (χ0) is 12.6. The van der Waals surface area contributed by atoms with Crippen LogP contribution in [-0.2, 0) is 9.05 Å². The molecule has 2 aromatic rings. The van der Waals surface area contributed by atoms with Gasteiger partial charge in [-0.2, -0.15) is 9.61 Å². The molecule has 0 aromatic carbocycles. The van der Waals surface area contributed by atoms with Gasteiger partial charge in [-0.15, -0.1) is 0 Å². The number of nitrogens with zero attached hydrogens (tertiary/aromatic N) is 3. The van der Waals surface area contributed by atoms with E-state index >= 15 is 0 Å². The van der Waals surface area contributed by atoms with Crippen molar-refractivity contribution in [3.8, 4) is 0 Å². The van der Waals surface area contributed by atoms with Gasteiger partial charge in [0.25, 0.3) is 9.05 Å². The molecule has 0 radical (unpaired) electrons. The summed E-state index contributed by atoms with van der Waals surface area (Å²) < 4.78 is 23.8. The van der Waals surface area contributed by atoms with Gasteiger partial charge >= 0.3 is 0 Å². The van der Waals surface area contributed by atoms with E-state index in [0.29, 0.717) is 11.3 Å². The predicted octanol–water partition coefficient (Wildman–Crippen LogP) is 2.34. The van der Waals surface area contributed by atoms with Crippen LogP contribution in [-0.4, -0.2) is 23.0 Å². The molecule has 0 saturated heterocycles. The van der Waals surface area contributed by atoms with Gasteiger partial charge in [0.1, 0.15) is 0 Å². The van der Waals surface area contributed by atoms with Gasteiger partial charge < -0.3 is 0 Å². The second-order valence-corrected chi connectivity index (χ2v) is 6.01. The molecular weight excluding hydrogens is 285 g/mol. The SMILES string of the molecule is CC=Cc1ccc2nc(Cl)c(S(=O)(=O)Cl)n2n1. The lowest BCUT2D eigenvalue weighted by Crippen LogP contribution is -2.02. The quantitative estimate of drug-likeness (QED) is 0.797. The Hall–Kier alpha value is -1.11. The molecule has 90 valence electrons. The smallest absolute Gasteiger partial charge is 0.214 e. The second kappa shape index (κ2) is 4.29. The Morgan fingerprint density at radius 2 is 2.12 bits per heavy atom. The topological polar surface area (TPSA) is 64.3 Å². The number of aromatic nitrogens is 3. The van der Waals surface area contributed by atoms with Crippen LogP contribution in [0.3, 0.4) is 0 Å². The first kappa shape index (κ1) is 12.3. The zero-order valence-electron chi connectivity index (χ0n) is 8.63. The van der Waals surface area contributed by atoms with Gasteiger partial charge in [0, 0.05) is 10.7 Å². The third-order valence-corrected chi connectivity index (χ3v) is 3.63. The summed E-state index contributed by atoms with van der Waals surface area (Å²) in [5, 5.41) is 3.56. The van der Waals surface area contributed by atoms with Gasteiger partial charge in [0.15, 0.2) is 10.8 Å². The molecule has 0 aliphatic heterocycles. The Labute approximate surface area is 107 Å². The van der Waals surface area contributed by atoms with Crippen molar-refractivity contribution in [2.24, 2.45) is 0 Å². The molecule has 0 aliphatic carbocycles. The average molecular weight is 292 g/mol. The van der Waals surface area contributed by atoms with E-state index in [1.54, 1.807) is 24.3 Å². The van der Waals surface area contributed by atoms with E-state index in [2.05, 4.69) is 10.1 Å². The van der Waals surface area contributed by atoms with Gasteiger partial charge in [-0.1, -0.05) is 17.7 Å². The summed E-state index contributed by atoms with van der Waals surface area (Å²) in [4.78, 5) is 3.86. The Bertz CT molecular complexity index is 706. The molecule has 0 N–H and O–H groups in total. The highest BCUT2D eigenvalue weighted by Gasteiger charge is 2.23. The standard InChI is InChI=1S/C9H7Cl2N3O2S/c1-2-3-6-4-5-7-12-8(10)9(14(7)13-6)17(11,15)16/h2-5H,1H3. The van der Waals surface area contributed by atoms with Crippen LogP contribution in [0.5, 0.6) is 0 Å². The molecule has 8 heteroatoms. The van der Waals surface area contributed by atoms with Gasteiger partial charge in [-0.05, 0) is 25.1 Å². The van der Waals surface area contributed by atoms with E-state index in [-0.39, 0.29) is 10.2 Å². The molecule has 2 rings (SSSR count). The van der Waals surface area contributed by atoms with Gasteiger partial charge in [-0.3, -0.25) is 0 Å². The Kier molecular flexibility index (Phi) is 3.11. The van der Waals surface area contributed by atoms with E-state index in [1.165, 1.54) is 0 Å². The summed E-state index contributed by atoms with van der Waals surface area (Å²) in [5.41, 5.74) is 0.901. The van der Waals surface area contributed by atoms with Crippen molar-refractivity contribution in [2.75, 3.05) is 0 Å². The van der Waals surface area contributed by atoms with E-state index in [1.807, 2.05) is 6.92 Å². The van der Waals surface area contributed by atoms with Crippen LogP contribution in [0.2, 0.25) is 5.15 Å². The number of halogens is 2. The monoisotopic (exact) mass is 291 g/mol. The molecule has 0 bridgehead atoms. The van der Waals surface area contributed by atoms with Crippen LogP contribution in [0.1, 0.15) is 12.6 Å². The van der Waals surface area contributed by atoms with E-state index in [0.717, 1.165) is 4.52 Å². The second-order valence-electron chi connectivity index (χ2n) is 3.17. The Morgan fingerprint density at radius 3 is 2.71 bits per heavy atom. The number of rotatable bonds is 2. The van der Waals surface area contributed by atoms with E-state index in [9.17, 15) is 8.42 Å². The van der Waals surface area contributed by atoms with Gasteiger partial charge in [0.05, 0.1) is 5.69 Å². The fraction of sp³-hybridized carbons (Fsp3) is 0.111. The van der Waals surface area contributed by atoms with Crippen molar-refractivity contribution in [3.63, 3.8) is 0 Å². The van der Waals surface area contributed by atoms with Gasteiger partial charge in [-0.25, -0.2) is 13.4 Å². The first-order valence-corrected chi connectivity index (χ1v) is 7.25. The Morgan fingerprint density at radius 1 is 1.41 bits per heavy atom. The summed E-state index contributed by atoms with van der Waals surface area (Å²) in [5.74, 6) is 0. The lowest BCUT2D eigenvalue weighted by atomic mass is 10.3. The normalized spacial score (nSPS) is 12.6. The van der Waals surface area contributed by atoms with Crippen LogP contribution >= 0.6 is 22.3 Å². The first-order valence-electron chi connectivity index (χ1n) is 4.56. The maximum absolute atomic E-state index is 11.4. The van der Waals surface area contributed by atoms with Crippen LogP contribution in [0.15, 0.2) is 23.2 Å². The highest BCUT2D eigenvalue weighted by Crippen LogP contribution is 2.24. The van der Waals surface area contributed by atoms with Crippen LogP contribution in [0.4, 0.5) is 0 Å². The molecule has 0 fully saturated rings. The summed E-state index contributed by atoms with van der Waals surface area (Å²) in [7, 11) is 1.29.